The van der Waals surface area contributed by atoms with Crippen LogP contribution in [-0.4, -0.2) is 62.6 Å². The van der Waals surface area contributed by atoms with E-state index in [-0.39, 0.29) is 17.5 Å². The summed E-state index contributed by atoms with van der Waals surface area (Å²) in [6.07, 6.45) is 4.94. The van der Waals surface area contributed by atoms with Crippen LogP contribution in [0.2, 0.25) is 0 Å². The molecule has 4 aromatic heterocycles. The predicted molar refractivity (Wildman–Crippen MR) is 220 cm³/mol. The maximum atomic E-state index is 11.2. The molecule has 0 aliphatic carbocycles. The van der Waals surface area contributed by atoms with Crippen LogP contribution in [0.3, 0.4) is 0 Å². The second kappa shape index (κ2) is 17.5. The summed E-state index contributed by atoms with van der Waals surface area (Å²) in [5.74, 6) is -1.25. The molecular weight excluding hydrogens is 751 g/mol. The number of nitrogen functional groups attached to an aromatic ring is 1. The summed E-state index contributed by atoms with van der Waals surface area (Å²) in [5.41, 5.74) is 18.2. The molecule has 8 aromatic rings. The van der Waals surface area contributed by atoms with Gasteiger partial charge in [-0.2, -0.15) is 15.3 Å². The fourth-order valence-corrected chi connectivity index (χ4v) is 6.01. The Morgan fingerprint density at radius 1 is 0.821 bits per heavy atom. The van der Waals surface area contributed by atoms with Gasteiger partial charge in [0.15, 0.2) is 17.1 Å². The Balaban J connectivity index is 0.000000145. The minimum Gasteiger partial charge on any atom is -0.476 e. The van der Waals surface area contributed by atoms with Gasteiger partial charge in [0, 0.05) is 52.2 Å². The van der Waals surface area contributed by atoms with Crippen molar-refractivity contribution in [2.24, 2.45) is 5.73 Å². The molecule has 0 bridgehead atoms. The maximum absolute atomic E-state index is 11.2. The van der Waals surface area contributed by atoms with E-state index in [2.05, 4.69) is 35.1 Å². The highest BCUT2D eigenvalue weighted by atomic mass is 32.1. The summed E-state index contributed by atoms with van der Waals surface area (Å²) in [4.78, 5) is 44.0. The smallest absolute Gasteiger partial charge is 0.355 e. The second-order valence-electron chi connectivity index (χ2n) is 11.8. The predicted octanol–water partition coefficient (Wildman–Crippen LogP) is 8.09. The number of carboxylic acid groups (broad SMARTS) is 1. The Morgan fingerprint density at radius 2 is 1.43 bits per heavy atom. The number of rotatable bonds is 3. The van der Waals surface area contributed by atoms with Crippen LogP contribution in [0.25, 0.3) is 53.0 Å². The van der Waals surface area contributed by atoms with Gasteiger partial charge in [0.2, 0.25) is 11.8 Å². The number of H-pyrrole nitrogens is 1. The molecule has 0 atom stereocenters. The van der Waals surface area contributed by atoms with E-state index in [0.717, 1.165) is 55.1 Å². The van der Waals surface area contributed by atoms with E-state index in [1.165, 1.54) is 39.9 Å². The van der Waals surface area contributed by atoms with Crippen molar-refractivity contribution in [2.45, 2.75) is 20.8 Å². The Hall–Kier alpha value is -7.60. The van der Waals surface area contributed by atoms with Crippen molar-refractivity contribution in [3.63, 3.8) is 0 Å². The van der Waals surface area contributed by atoms with E-state index in [1.807, 2.05) is 31.2 Å². The minimum absolute atomic E-state index is 0.0808. The van der Waals surface area contributed by atoms with Crippen molar-refractivity contribution in [2.75, 3.05) is 5.73 Å². The van der Waals surface area contributed by atoms with Crippen LogP contribution in [0, 0.1) is 20.1 Å². The number of nitrogens with one attached hydrogen (secondary N) is 1. The number of aromatic nitrogens is 7. The molecule has 56 heavy (non-hydrogen) atoms. The van der Waals surface area contributed by atoms with Gasteiger partial charge in [-0.05, 0) is 67.1 Å². The molecule has 8 rings (SSSR count). The van der Waals surface area contributed by atoms with Gasteiger partial charge in [-0.15, -0.1) is 11.3 Å². The Kier molecular flexibility index (Phi) is 12.4. The summed E-state index contributed by atoms with van der Waals surface area (Å²) < 4.78 is 2.67. The standard InChI is InChI=1S/C11H7N3O2S.C10H9N3OS.C10H7N3O.C8H8N2/c15-11(16)9-5-17-10(13-9)6-1-2-8-7(3-6)4-12-14-8;1-6(14)13-9-3-2-7(10(11)15)4-8(9)5-12-13;1-7(14)13-10-4-3-9(11-2)5-8(10)6-12-13;1-6-5-7(10-2)3-4-8(6)9/h1-5H,(H,12,14)(H,15,16);2-5H,1H3,(H2,11,15);3-6H,1H3;3-5H,9H2,1H3. The topological polar surface area (TPSA) is 209 Å². The fourth-order valence-electron chi connectivity index (χ4n) is 5.09. The lowest BCUT2D eigenvalue weighted by Gasteiger charge is -1.99. The fraction of sp³-hybridized carbons (Fsp3) is 0.0769. The Bertz CT molecular complexity index is 2860. The monoisotopic (exact) mass is 781 g/mol. The zero-order valence-electron chi connectivity index (χ0n) is 30.0. The van der Waals surface area contributed by atoms with Crippen LogP contribution < -0.4 is 11.5 Å². The number of anilines is 1. The average molecular weight is 782 g/mol. The number of aromatic amines is 1. The summed E-state index contributed by atoms with van der Waals surface area (Å²) >= 11 is 6.19. The zero-order valence-corrected chi connectivity index (χ0v) is 31.6. The molecule has 0 spiro atoms. The third kappa shape index (κ3) is 9.30. The third-order valence-electron chi connectivity index (χ3n) is 7.92. The Morgan fingerprint density at radius 3 is 2.00 bits per heavy atom. The number of nitrogens with zero attached hydrogens (tertiary/aromatic N) is 8. The van der Waals surface area contributed by atoms with Crippen LogP contribution in [-0.2, 0) is 0 Å². The van der Waals surface area contributed by atoms with Crippen molar-refractivity contribution in [1.29, 1.82) is 0 Å². The molecule has 0 amide bonds. The van der Waals surface area contributed by atoms with E-state index in [4.69, 9.17) is 41.9 Å². The van der Waals surface area contributed by atoms with E-state index < -0.39 is 5.97 Å². The molecule has 278 valence electrons. The molecular formula is C39H31N11O4S2. The van der Waals surface area contributed by atoms with Crippen LogP contribution in [0.15, 0.2) is 96.8 Å². The van der Waals surface area contributed by atoms with E-state index in [1.54, 1.807) is 67.1 Å². The largest absolute Gasteiger partial charge is 0.476 e. The summed E-state index contributed by atoms with van der Waals surface area (Å²) in [6, 6.07) is 21.5. The number of hydrogen-bond donors (Lipinski definition) is 4. The number of aryl methyl sites for hydroxylation is 1. The molecule has 0 saturated heterocycles. The Labute approximate surface area is 328 Å². The SMILES string of the molecule is CC(=O)n1ncc2cc(C(N)=S)ccc21.O=C(O)c1csc(-c2ccc3[nH]ncc3c2)n1.[C-]#[N+]c1ccc(N)c(C)c1.[C-]#[N+]c1ccc2c(cnn2C(C)=O)c1. The highest BCUT2D eigenvalue weighted by Gasteiger charge is 2.11. The first-order chi connectivity index (χ1) is 26.8. The number of thiocarbonyl (C=S) groups is 1. The van der Waals surface area contributed by atoms with Crippen LogP contribution >= 0.6 is 23.6 Å². The number of fused-ring (bicyclic) bond motifs is 3. The van der Waals surface area contributed by atoms with Crippen molar-refractivity contribution < 1.29 is 19.5 Å². The average Bonchev–Trinajstić information content (AvgIpc) is 4.01. The van der Waals surface area contributed by atoms with Gasteiger partial charge < -0.3 is 16.6 Å². The van der Waals surface area contributed by atoms with Gasteiger partial charge in [-0.1, -0.05) is 30.4 Å². The quantitative estimate of drug-likeness (QED) is 0.0765. The van der Waals surface area contributed by atoms with E-state index in [9.17, 15) is 14.4 Å². The number of nitrogens with two attached hydrogens (primary N) is 2. The number of benzene rings is 4. The van der Waals surface area contributed by atoms with Gasteiger partial charge in [-0.3, -0.25) is 14.7 Å². The van der Waals surface area contributed by atoms with Gasteiger partial charge in [-0.25, -0.2) is 28.8 Å². The maximum Gasteiger partial charge on any atom is 0.355 e. The van der Waals surface area contributed by atoms with Crippen molar-refractivity contribution >= 4 is 96.1 Å². The number of thiazole rings is 1. The van der Waals surface area contributed by atoms with Crippen LogP contribution in [0.5, 0.6) is 0 Å². The summed E-state index contributed by atoms with van der Waals surface area (Å²) in [7, 11) is 0. The third-order valence-corrected chi connectivity index (χ3v) is 9.05. The highest BCUT2D eigenvalue weighted by molar-refractivity contribution is 7.80. The summed E-state index contributed by atoms with van der Waals surface area (Å²) in [5, 5.41) is 28.4. The first-order valence-electron chi connectivity index (χ1n) is 16.3. The molecule has 0 unspecified atom stereocenters. The molecule has 4 aromatic carbocycles. The summed E-state index contributed by atoms with van der Waals surface area (Å²) in [6.45, 7) is 18.3. The number of carboxylic acids is 1. The molecule has 17 heteroatoms. The second-order valence-corrected chi connectivity index (χ2v) is 13.1. The number of carbonyl (C=O) groups is 3. The lowest BCUT2D eigenvalue weighted by molar-refractivity contribution is 0.0690. The zero-order chi connectivity index (χ0) is 40.5. The first kappa shape index (κ1) is 39.6. The molecule has 0 aliphatic heterocycles. The number of hydrogen-bond acceptors (Lipinski definition) is 10. The normalized spacial score (nSPS) is 10.2. The van der Waals surface area contributed by atoms with Gasteiger partial charge >= 0.3 is 5.97 Å². The molecule has 0 aliphatic rings. The molecule has 15 nitrogen and oxygen atoms in total. The van der Waals surface area contributed by atoms with Crippen molar-refractivity contribution in [3.8, 4) is 10.6 Å². The minimum atomic E-state index is -1.00. The van der Waals surface area contributed by atoms with Crippen molar-refractivity contribution in [1.82, 2.24) is 34.7 Å². The molecule has 6 N–H and O–H groups in total. The number of aromatic carboxylic acids is 1. The molecule has 0 radical (unpaired) electrons. The number of carbonyl (C=O) groups excluding carboxylic acids is 2. The molecule has 4 heterocycles. The van der Waals surface area contributed by atoms with E-state index in [0.29, 0.717) is 21.4 Å². The molecule has 0 saturated carbocycles. The lowest BCUT2D eigenvalue weighted by atomic mass is 10.1. The van der Waals surface area contributed by atoms with Crippen LogP contribution in [0.4, 0.5) is 17.1 Å². The van der Waals surface area contributed by atoms with Gasteiger partial charge in [0.25, 0.3) is 0 Å². The van der Waals surface area contributed by atoms with Gasteiger partial charge in [0.1, 0.15) is 10.00 Å². The lowest BCUT2D eigenvalue weighted by Crippen LogP contribution is -2.09. The van der Waals surface area contributed by atoms with Crippen LogP contribution in [0.1, 0.15) is 45.1 Å². The highest BCUT2D eigenvalue weighted by Crippen LogP contribution is 2.27. The van der Waals surface area contributed by atoms with Crippen molar-refractivity contribution in [3.05, 3.63) is 136 Å². The first-order valence-corrected chi connectivity index (χ1v) is 17.6. The van der Waals surface area contributed by atoms with Gasteiger partial charge in [0.05, 0.1) is 48.3 Å². The molecule has 0 fully saturated rings. The van der Waals surface area contributed by atoms with E-state index >= 15 is 0 Å².